The molecule has 1 atom stereocenters. The second-order valence-corrected chi connectivity index (χ2v) is 5.78. The molecule has 0 aliphatic carbocycles. The Morgan fingerprint density at radius 2 is 2.14 bits per heavy atom. The SMILES string of the molecule is COCc1cccc(OCCCC(C)(C#N)NC(C)C)c1. The van der Waals surface area contributed by atoms with Gasteiger partial charge in [-0.3, -0.25) is 5.32 Å². The van der Waals surface area contributed by atoms with E-state index in [2.05, 4.69) is 11.4 Å². The van der Waals surface area contributed by atoms with Crippen molar-refractivity contribution >= 4 is 0 Å². The molecule has 0 saturated heterocycles. The van der Waals surface area contributed by atoms with Crippen LogP contribution in [-0.2, 0) is 11.3 Å². The van der Waals surface area contributed by atoms with Crippen molar-refractivity contribution in [2.24, 2.45) is 0 Å². The molecular formula is C17H26N2O2. The van der Waals surface area contributed by atoms with Gasteiger partial charge in [-0.15, -0.1) is 0 Å². The number of nitriles is 1. The Kier molecular flexibility index (Phi) is 7.21. The zero-order valence-electron chi connectivity index (χ0n) is 13.5. The van der Waals surface area contributed by atoms with Crippen LogP contribution in [0.1, 0.15) is 39.2 Å². The van der Waals surface area contributed by atoms with Crippen molar-refractivity contribution in [2.45, 2.75) is 51.8 Å². The van der Waals surface area contributed by atoms with Crippen LogP contribution in [-0.4, -0.2) is 25.3 Å². The molecule has 4 heteroatoms. The number of methoxy groups -OCH3 is 1. The predicted octanol–water partition coefficient (Wildman–Crippen LogP) is 3.27. The molecule has 1 rings (SSSR count). The van der Waals surface area contributed by atoms with Crippen LogP contribution in [0, 0.1) is 11.3 Å². The van der Waals surface area contributed by atoms with Crippen LogP contribution in [0.5, 0.6) is 5.75 Å². The minimum absolute atomic E-state index is 0.293. The Morgan fingerprint density at radius 1 is 1.38 bits per heavy atom. The van der Waals surface area contributed by atoms with Gasteiger partial charge in [0.1, 0.15) is 11.3 Å². The fraction of sp³-hybridized carbons (Fsp3) is 0.588. The molecule has 1 aromatic carbocycles. The molecule has 0 saturated carbocycles. The first-order valence-corrected chi connectivity index (χ1v) is 7.39. The standard InChI is InChI=1S/C17H26N2O2/c1-14(2)19-17(3,13-18)9-6-10-21-16-8-5-7-15(11-16)12-20-4/h5,7-8,11,14,19H,6,9-10,12H2,1-4H3. The van der Waals surface area contributed by atoms with E-state index >= 15 is 0 Å². The summed E-state index contributed by atoms with van der Waals surface area (Å²) >= 11 is 0. The van der Waals surface area contributed by atoms with E-state index in [4.69, 9.17) is 9.47 Å². The maximum atomic E-state index is 9.28. The van der Waals surface area contributed by atoms with Gasteiger partial charge in [-0.2, -0.15) is 5.26 Å². The smallest absolute Gasteiger partial charge is 0.119 e. The van der Waals surface area contributed by atoms with E-state index in [1.165, 1.54) is 0 Å². The minimum Gasteiger partial charge on any atom is -0.494 e. The van der Waals surface area contributed by atoms with Crippen LogP contribution < -0.4 is 10.1 Å². The quantitative estimate of drug-likeness (QED) is 0.709. The van der Waals surface area contributed by atoms with Crippen molar-refractivity contribution in [1.82, 2.24) is 5.32 Å². The summed E-state index contributed by atoms with van der Waals surface area (Å²) in [4.78, 5) is 0. The lowest BCUT2D eigenvalue weighted by Crippen LogP contribution is -2.45. The molecular weight excluding hydrogens is 264 g/mol. The first-order valence-electron chi connectivity index (χ1n) is 7.39. The zero-order chi connectivity index (χ0) is 15.7. The highest BCUT2D eigenvalue weighted by Crippen LogP contribution is 2.16. The molecule has 0 fully saturated rings. The lowest BCUT2D eigenvalue weighted by molar-refractivity contribution is 0.184. The summed E-state index contributed by atoms with van der Waals surface area (Å²) in [6.45, 7) is 7.22. The Balaban J connectivity index is 2.40. The van der Waals surface area contributed by atoms with Gasteiger partial charge in [0.05, 0.1) is 19.3 Å². The molecule has 1 N–H and O–H groups in total. The third kappa shape index (κ3) is 6.61. The third-order valence-electron chi connectivity index (χ3n) is 3.15. The number of benzene rings is 1. The molecule has 0 aliphatic rings. The molecule has 0 aromatic heterocycles. The second kappa shape index (κ2) is 8.66. The molecule has 0 bridgehead atoms. The second-order valence-electron chi connectivity index (χ2n) is 5.78. The van der Waals surface area contributed by atoms with Crippen LogP contribution in [0.2, 0.25) is 0 Å². The van der Waals surface area contributed by atoms with E-state index in [0.29, 0.717) is 19.3 Å². The van der Waals surface area contributed by atoms with Gasteiger partial charge in [-0.25, -0.2) is 0 Å². The molecule has 0 radical (unpaired) electrons. The molecule has 1 unspecified atom stereocenters. The first kappa shape index (κ1) is 17.5. The number of nitrogens with one attached hydrogen (secondary N) is 1. The van der Waals surface area contributed by atoms with E-state index in [9.17, 15) is 5.26 Å². The Labute approximate surface area is 128 Å². The molecule has 116 valence electrons. The molecule has 21 heavy (non-hydrogen) atoms. The number of rotatable bonds is 9. The largest absolute Gasteiger partial charge is 0.494 e. The van der Waals surface area contributed by atoms with Crippen molar-refractivity contribution in [3.05, 3.63) is 29.8 Å². The average molecular weight is 290 g/mol. The highest BCUT2D eigenvalue weighted by Gasteiger charge is 2.23. The number of hydrogen-bond acceptors (Lipinski definition) is 4. The Hall–Kier alpha value is -1.57. The fourth-order valence-corrected chi connectivity index (χ4v) is 2.30. The normalized spacial score (nSPS) is 13.7. The number of nitrogens with zero attached hydrogens (tertiary/aromatic N) is 1. The summed E-state index contributed by atoms with van der Waals surface area (Å²) in [5, 5.41) is 12.6. The number of hydrogen-bond donors (Lipinski definition) is 1. The van der Waals surface area contributed by atoms with Gasteiger partial charge in [0, 0.05) is 13.2 Å². The topological polar surface area (TPSA) is 54.3 Å². The van der Waals surface area contributed by atoms with Crippen LogP contribution in [0.3, 0.4) is 0 Å². The lowest BCUT2D eigenvalue weighted by Gasteiger charge is -2.25. The van der Waals surface area contributed by atoms with E-state index in [-0.39, 0.29) is 0 Å². The molecule has 1 aromatic rings. The molecule has 0 aliphatic heterocycles. The summed E-state index contributed by atoms with van der Waals surface area (Å²) < 4.78 is 10.8. The van der Waals surface area contributed by atoms with E-state index in [1.54, 1.807) is 7.11 Å². The summed E-state index contributed by atoms with van der Waals surface area (Å²) in [6.07, 6.45) is 1.59. The average Bonchev–Trinajstić information content (AvgIpc) is 2.44. The monoisotopic (exact) mass is 290 g/mol. The van der Waals surface area contributed by atoms with E-state index < -0.39 is 5.54 Å². The summed E-state index contributed by atoms with van der Waals surface area (Å²) in [5.41, 5.74) is 0.605. The van der Waals surface area contributed by atoms with Crippen molar-refractivity contribution in [1.29, 1.82) is 5.26 Å². The lowest BCUT2D eigenvalue weighted by atomic mass is 9.97. The van der Waals surface area contributed by atoms with Gasteiger partial charge in [0.15, 0.2) is 0 Å². The van der Waals surface area contributed by atoms with E-state index in [1.807, 2.05) is 45.0 Å². The Bertz CT molecular complexity index is 468. The minimum atomic E-state index is -0.491. The van der Waals surface area contributed by atoms with Gasteiger partial charge in [0.25, 0.3) is 0 Å². The van der Waals surface area contributed by atoms with E-state index in [0.717, 1.165) is 24.2 Å². The predicted molar refractivity (Wildman–Crippen MR) is 84.2 cm³/mol. The summed E-state index contributed by atoms with van der Waals surface area (Å²) in [7, 11) is 1.68. The van der Waals surface area contributed by atoms with Crippen molar-refractivity contribution in [2.75, 3.05) is 13.7 Å². The van der Waals surface area contributed by atoms with Crippen molar-refractivity contribution < 1.29 is 9.47 Å². The molecule has 0 heterocycles. The Morgan fingerprint density at radius 3 is 2.76 bits per heavy atom. The summed E-state index contributed by atoms with van der Waals surface area (Å²) in [6, 6.07) is 10.5. The molecule has 4 nitrogen and oxygen atoms in total. The van der Waals surface area contributed by atoms with Crippen LogP contribution in [0.15, 0.2) is 24.3 Å². The van der Waals surface area contributed by atoms with Crippen molar-refractivity contribution in [3.8, 4) is 11.8 Å². The first-order chi connectivity index (χ1) is 9.99. The van der Waals surface area contributed by atoms with Gasteiger partial charge in [0.2, 0.25) is 0 Å². The highest BCUT2D eigenvalue weighted by molar-refractivity contribution is 5.28. The van der Waals surface area contributed by atoms with Crippen LogP contribution >= 0.6 is 0 Å². The highest BCUT2D eigenvalue weighted by atomic mass is 16.5. The maximum Gasteiger partial charge on any atom is 0.119 e. The maximum absolute atomic E-state index is 9.28. The molecule has 0 amide bonds. The van der Waals surface area contributed by atoms with Gasteiger partial charge in [-0.05, 0) is 51.3 Å². The molecule has 0 spiro atoms. The van der Waals surface area contributed by atoms with Crippen LogP contribution in [0.25, 0.3) is 0 Å². The van der Waals surface area contributed by atoms with Gasteiger partial charge in [-0.1, -0.05) is 12.1 Å². The fourth-order valence-electron chi connectivity index (χ4n) is 2.30. The van der Waals surface area contributed by atoms with Gasteiger partial charge >= 0.3 is 0 Å². The number of ether oxygens (including phenoxy) is 2. The third-order valence-corrected chi connectivity index (χ3v) is 3.15. The summed E-state index contributed by atoms with van der Waals surface area (Å²) in [5.74, 6) is 0.847. The van der Waals surface area contributed by atoms with Gasteiger partial charge < -0.3 is 9.47 Å². The van der Waals surface area contributed by atoms with Crippen molar-refractivity contribution in [3.63, 3.8) is 0 Å². The van der Waals surface area contributed by atoms with Crippen LogP contribution in [0.4, 0.5) is 0 Å². The zero-order valence-corrected chi connectivity index (χ0v) is 13.5.